The fraction of sp³-hybridized carbons (Fsp3) is 0.455. The van der Waals surface area contributed by atoms with Crippen LogP contribution in [0.15, 0.2) is 27.6 Å². The Kier molecular flexibility index (Phi) is 3.85. The number of halogens is 2. The van der Waals surface area contributed by atoms with Gasteiger partial charge in [-0.25, -0.2) is 17.5 Å². The fourth-order valence-corrected chi connectivity index (χ4v) is 4.37. The van der Waals surface area contributed by atoms with E-state index in [1.807, 2.05) is 0 Å². The zero-order valence-corrected chi connectivity index (χ0v) is 11.5. The third-order valence-electron chi connectivity index (χ3n) is 2.86. The molecule has 17 heavy (non-hydrogen) atoms. The van der Waals surface area contributed by atoms with Gasteiger partial charge in [-0.3, -0.25) is 0 Å². The normalized spacial score (nSPS) is 17.5. The van der Waals surface area contributed by atoms with Gasteiger partial charge in [0, 0.05) is 10.5 Å². The molecule has 6 heteroatoms. The van der Waals surface area contributed by atoms with Gasteiger partial charge in [0.25, 0.3) is 0 Å². The lowest BCUT2D eigenvalue weighted by molar-refractivity contribution is 0.551. The smallest absolute Gasteiger partial charge is 0.208 e. The van der Waals surface area contributed by atoms with Gasteiger partial charge in [0.05, 0.1) is 4.90 Å². The number of hydrogen-bond donors (Lipinski definition) is 1. The van der Waals surface area contributed by atoms with Gasteiger partial charge in [-0.05, 0) is 47.0 Å². The third-order valence-corrected chi connectivity index (χ3v) is 5.36. The minimum Gasteiger partial charge on any atom is -0.208 e. The Morgan fingerprint density at radius 2 is 1.94 bits per heavy atom. The van der Waals surface area contributed by atoms with Gasteiger partial charge in [0.15, 0.2) is 0 Å². The Morgan fingerprint density at radius 3 is 2.53 bits per heavy atom. The summed E-state index contributed by atoms with van der Waals surface area (Å²) in [4.78, 5) is 0.0887. The molecule has 0 heterocycles. The van der Waals surface area contributed by atoms with Crippen molar-refractivity contribution in [1.29, 1.82) is 0 Å². The highest BCUT2D eigenvalue weighted by Gasteiger charge is 2.24. The standard InChI is InChI=1S/C11H13BrFNO2S/c12-10-7-8(13)5-6-11(10)17(15,16)14-9-3-1-2-4-9/h5-7,9,14H,1-4H2. The number of rotatable bonds is 3. The van der Waals surface area contributed by atoms with Crippen molar-refractivity contribution >= 4 is 26.0 Å². The van der Waals surface area contributed by atoms with Gasteiger partial charge in [0.1, 0.15) is 5.82 Å². The van der Waals surface area contributed by atoms with Crippen molar-refractivity contribution in [2.75, 3.05) is 0 Å². The van der Waals surface area contributed by atoms with E-state index in [9.17, 15) is 12.8 Å². The lowest BCUT2D eigenvalue weighted by Crippen LogP contribution is -2.32. The molecule has 0 unspecified atom stereocenters. The summed E-state index contributed by atoms with van der Waals surface area (Å²) >= 11 is 3.07. The van der Waals surface area contributed by atoms with Crippen molar-refractivity contribution < 1.29 is 12.8 Å². The van der Waals surface area contributed by atoms with Crippen LogP contribution >= 0.6 is 15.9 Å². The predicted molar refractivity (Wildman–Crippen MR) is 66.7 cm³/mol. The topological polar surface area (TPSA) is 46.2 Å². The molecule has 1 aromatic carbocycles. The average Bonchev–Trinajstić information content (AvgIpc) is 2.68. The van der Waals surface area contributed by atoms with E-state index in [4.69, 9.17) is 0 Å². The third kappa shape index (κ3) is 3.05. The molecule has 0 saturated heterocycles. The van der Waals surface area contributed by atoms with Crippen LogP contribution in [0.3, 0.4) is 0 Å². The molecule has 1 saturated carbocycles. The minimum absolute atomic E-state index is 0.0111. The zero-order valence-electron chi connectivity index (χ0n) is 9.12. The number of nitrogens with one attached hydrogen (secondary N) is 1. The van der Waals surface area contributed by atoms with Gasteiger partial charge >= 0.3 is 0 Å². The van der Waals surface area contributed by atoms with Crippen LogP contribution in [0.2, 0.25) is 0 Å². The van der Waals surface area contributed by atoms with Crippen LogP contribution in [0.4, 0.5) is 4.39 Å². The lowest BCUT2D eigenvalue weighted by atomic mass is 10.3. The molecule has 1 N–H and O–H groups in total. The summed E-state index contributed by atoms with van der Waals surface area (Å²) in [5, 5.41) is 0. The number of hydrogen-bond acceptors (Lipinski definition) is 2. The Balaban J connectivity index is 2.24. The van der Waals surface area contributed by atoms with Gasteiger partial charge in [-0.2, -0.15) is 0 Å². The zero-order chi connectivity index (χ0) is 12.5. The van der Waals surface area contributed by atoms with Crippen LogP contribution in [-0.2, 0) is 10.0 Å². The van der Waals surface area contributed by atoms with E-state index in [1.165, 1.54) is 6.07 Å². The quantitative estimate of drug-likeness (QED) is 0.930. The molecule has 0 radical (unpaired) electrons. The van der Waals surface area contributed by atoms with E-state index >= 15 is 0 Å². The molecule has 1 aromatic rings. The van der Waals surface area contributed by atoms with Crippen LogP contribution in [0.1, 0.15) is 25.7 Å². The molecule has 3 nitrogen and oxygen atoms in total. The highest BCUT2D eigenvalue weighted by molar-refractivity contribution is 9.10. The first-order valence-corrected chi connectivity index (χ1v) is 7.74. The Labute approximate surface area is 109 Å². The van der Waals surface area contributed by atoms with Gasteiger partial charge in [-0.15, -0.1) is 0 Å². The van der Waals surface area contributed by atoms with E-state index in [0.29, 0.717) is 0 Å². The maximum absolute atomic E-state index is 12.9. The number of benzene rings is 1. The molecule has 1 fully saturated rings. The molecule has 0 aliphatic heterocycles. The van der Waals surface area contributed by atoms with Crippen LogP contribution in [0.25, 0.3) is 0 Å². The van der Waals surface area contributed by atoms with Crippen LogP contribution < -0.4 is 4.72 Å². The van der Waals surface area contributed by atoms with E-state index in [1.54, 1.807) is 0 Å². The van der Waals surface area contributed by atoms with Crippen molar-refractivity contribution in [1.82, 2.24) is 4.72 Å². The van der Waals surface area contributed by atoms with Gasteiger partial charge in [0.2, 0.25) is 10.0 Å². The Bertz CT molecular complexity index is 512. The maximum atomic E-state index is 12.9. The molecule has 94 valence electrons. The summed E-state index contributed by atoms with van der Waals surface area (Å²) < 4.78 is 39.9. The van der Waals surface area contributed by atoms with Crippen LogP contribution in [-0.4, -0.2) is 14.5 Å². The summed E-state index contributed by atoms with van der Waals surface area (Å²) in [7, 11) is -3.55. The van der Waals surface area contributed by atoms with Crippen LogP contribution in [0.5, 0.6) is 0 Å². The van der Waals surface area contributed by atoms with Crippen molar-refractivity contribution in [2.24, 2.45) is 0 Å². The van der Waals surface area contributed by atoms with Crippen molar-refractivity contribution in [3.05, 3.63) is 28.5 Å². The summed E-state index contributed by atoms with van der Waals surface area (Å²) in [6, 6.07) is 3.59. The van der Waals surface area contributed by atoms with E-state index < -0.39 is 15.8 Å². The van der Waals surface area contributed by atoms with Gasteiger partial charge in [-0.1, -0.05) is 12.8 Å². The van der Waals surface area contributed by atoms with E-state index in [0.717, 1.165) is 37.8 Å². The minimum atomic E-state index is -3.55. The first-order chi connectivity index (χ1) is 7.99. The summed E-state index contributed by atoms with van der Waals surface area (Å²) in [5.41, 5.74) is 0. The monoisotopic (exact) mass is 321 g/mol. The molecule has 0 bridgehead atoms. The molecule has 0 aromatic heterocycles. The average molecular weight is 322 g/mol. The second kappa shape index (κ2) is 5.04. The molecule has 0 atom stereocenters. The highest BCUT2D eigenvalue weighted by atomic mass is 79.9. The molecule has 0 spiro atoms. The molecule has 0 amide bonds. The first-order valence-electron chi connectivity index (χ1n) is 5.46. The largest absolute Gasteiger partial charge is 0.241 e. The Hall–Kier alpha value is -0.460. The molecular formula is C11H13BrFNO2S. The van der Waals surface area contributed by atoms with Crippen molar-refractivity contribution in [3.63, 3.8) is 0 Å². The second-order valence-corrected chi connectivity index (χ2v) is 6.71. The molecule has 1 aliphatic rings. The summed E-state index contributed by atoms with van der Waals surface area (Å²) in [6.07, 6.45) is 3.85. The second-order valence-electron chi connectivity index (χ2n) is 4.18. The first kappa shape index (κ1) is 13.0. The molecule has 1 aliphatic carbocycles. The molecular weight excluding hydrogens is 309 g/mol. The van der Waals surface area contributed by atoms with Crippen molar-refractivity contribution in [3.8, 4) is 0 Å². The van der Waals surface area contributed by atoms with E-state index in [-0.39, 0.29) is 15.4 Å². The Morgan fingerprint density at radius 1 is 1.29 bits per heavy atom. The summed E-state index contributed by atoms with van der Waals surface area (Å²) in [5.74, 6) is -0.461. The van der Waals surface area contributed by atoms with Crippen molar-refractivity contribution in [2.45, 2.75) is 36.6 Å². The van der Waals surface area contributed by atoms with Gasteiger partial charge < -0.3 is 0 Å². The highest BCUT2D eigenvalue weighted by Crippen LogP contribution is 2.25. The predicted octanol–water partition coefficient (Wildman–Crippen LogP) is 2.81. The fourth-order valence-electron chi connectivity index (χ4n) is 2.02. The van der Waals surface area contributed by atoms with E-state index in [2.05, 4.69) is 20.7 Å². The molecule has 2 rings (SSSR count). The maximum Gasteiger partial charge on any atom is 0.241 e. The summed E-state index contributed by atoms with van der Waals surface area (Å²) in [6.45, 7) is 0. The van der Waals surface area contributed by atoms with Crippen LogP contribution in [0, 0.1) is 5.82 Å². The SMILES string of the molecule is O=S(=O)(NC1CCCC1)c1ccc(F)cc1Br. The lowest BCUT2D eigenvalue weighted by Gasteiger charge is -2.13. The number of sulfonamides is 1.